The lowest BCUT2D eigenvalue weighted by Crippen LogP contribution is -2.44. The second-order valence-corrected chi connectivity index (χ2v) is 6.30. The number of halogens is 1. The van der Waals surface area contributed by atoms with Crippen LogP contribution >= 0.6 is 0 Å². The van der Waals surface area contributed by atoms with Gasteiger partial charge >= 0.3 is 0 Å². The number of nitrogens with zero attached hydrogens (tertiary/aromatic N) is 3. The van der Waals surface area contributed by atoms with Gasteiger partial charge in [0.2, 0.25) is 0 Å². The number of benzene rings is 1. The molecule has 1 unspecified atom stereocenters. The zero-order valence-electron chi connectivity index (χ0n) is 14.7. The van der Waals surface area contributed by atoms with Crippen molar-refractivity contribution in [3.63, 3.8) is 0 Å². The predicted molar refractivity (Wildman–Crippen MR) is 99.3 cm³/mol. The summed E-state index contributed by atoms with van der Waals surface area (Å²) < 4.78 is 13.9. The van der Waals surface area contributed by atoms with E-state index in [4.69, 9.17) is 0 Å². The minimum absolute atomic E-state index is 0.214. The molecule has 3 rings (SSSR count). The van der Waals surface area contributed by atoms with E-state index in [2.05, 4.69) is 51.8 Å². The number of pyridine rings is 1. The molecule has 1 fully saturated rings. The molecule has 1 aromatic heterocycles. The number of hydrogen-bond donors (Lipinski definition) is 2. The third-order valence-corrected chi connectivity index (χ3v) is 4.37. The maximum atomic E-state index is 13.9. The number of aryl methyl sites for hydroxylation is 1. The number of hydrogen-bond acceptors (Lipinski definition) is 3. The maximum Gasteiger partial charge on any atom is 0.191 e. The zero-order chi connectivity index (χ0) is 17.6. The van der Waals surface area contributed by atoms with Gasteiger partial charge in [0.1, 0.15) is 0 Å². The first kappa shape index (κ1) is 17.2. The van der Waals surface area contributed by atoms with Gasteiger partial charge in [-0.25, -0.2) is 9.37 Å². The van der Waals surface area contributed by atoms with Gasteiger partial charge in [-0.2, -0.15) is 0 Å². The molecular weight excluding hydrogens is 317 g/mol. The van der Waals surface area contributed by atoms with Gasteiger partial charge in [-0.15, -0.1) is 0 Å². The molecule has 0 radical (unpaired) electrons. The van der Waals surface area contributed by atoms with Gasteiger partial charge in [0, 0.05) is 38.9 Å². The highest BCUT2D eigenvalue weighted by atomic mass is 19.1. The molecule has 6 heteroatoms. The minimum atomic E-state index is -0.273. The third-order valence-electron chi connectivity index (χ3n) is 4.37. The normalized spacial score (nSPS) is 17.6. The Balaban J connectivity index is 1.53. The zero-order valence-corrected chi connectivity index (χ0v) is 14.7. The van der Waals surface area contributed by atoms with Crippen LogP contribution in [0.3, 0.4) is 0 Å². The quantitative estimate of drug-likeness (QED) is 0.663. The number of nitrogens with one attached hydrogen (secondary N) is 2. The molecule has 1 aliphatic rings. The molecule has 0 bridgehead atoms. The lowest BCUT2D eigenvalue weighted by Gasteiger charge is -2.20. The Morgan fingerprint density at radius 1 is 1.32 bits per heavy atom. The topological polar surface area (TPSA) is 52.6 Å². The van der Waals surface area contributed by atoms with E-state index in [9.17, 15) is 4.39 Å². The van der Waals surface area contributed by atoms with Crippen LogP contribution in [-0.2, 0) is 6.54 Å². The van der Waals surface area contributed by atoms with Gasteiger partial charge in [0.25, 0.3) is 0 Å². The fourth-order valence-corrected chi connectivity index (χ4v) is 2.96. The van der Waals surface area contributed by atoms with Crippen LogP contribution in [0.1, 0.15) is 17.5 Å². The molecule has 25 heavy (non-hydrogen) atoms. The molecule has 0 amide bonds. The first-order valence-corrected chi connectivity index (χ1v) is 8.54. The summed E-state index contributed by atoms with van der Waals surface area (Å²) in [6, 6.07) is 11.7. The Kier molecular flexibility index (Phi) is 5.48. The molecule has 132 valence electrons. The van der Waals surface area contributed by atoms with E-state index in [0.29, 0.717) is 18.9 Å². The highest BCUT2D eigenvalue weighted by Gasteiger charge is 2.25. The number of guanidine groups is 1. The monoisotopic (exact) mass is 341 g/mol. The molecule has 0 saturated carbocycles. The number of aromatic nitrogens is 1. The van der Waals surface area contributed by atoms with Crippen LogP contribution in [0.5, 0.6) is 0 Å². The summed E-state index contributed by atoms with van der Waals surface area (Å²) in [4.78, 5) is 10.4. The summed E-state index contributed by atoms with van der Waals surface area (Å²) in [5, 5.41) is 6.74. The predicted octanol–water partition coefficient (Wildman–Crippen LogP) is 2.47. The van der Waals surface area contributed by atoms with E-state index in [1.165, 1.54) is 17.2 Å². The van der Waals surface area contributed by atoms with E-state index in [1.807, 2.05) is 4.90 Å². The van der Waals surface area contributed by atoms with E-state index >= 15 is 0 Å². The maximum absolute atomic E-state index is 13.9. The van der Waals surface area contributed by atoms with E-state index in [1.54, 1.807) is 19.3 Å². The average molecular weight is 341 g/mol. The molecular formula is C19H24FN5. The largest absolute Gasteiger partial charge is 0.352 e. The summed E-state index contributed by atoms with van der Waals surface area (Å²) in [6.07, 6.45) is 2.54. The third kappa shape index (κ3) is 4.47. The highest BCUT2D eigenvalue weighted by molar-refractivity contribution is 5.80. The Morgan fingerprint density at radius 2 is 2.12 bits per heavy atom. The Hall–Kier alpha value is -2.63. The molecule has 2 heterocycles. The first-order valence-electron chi connectivity index (χ1n) is 8.54. The van der Waals surface area contributed by atoms with Crippen molar-refractivity contribution < 1.29 is 4.39 Å². The van der Waals surface area contributed by atoms with Gasteiger partial charge in [-0.1, -0.05) is 29.8 Å². The molecule has 0 spiro atoms. The van der Waals surface area contributed by atoms with Crippen molar-refractivity contribution in [1.82, 2.24) is 15.6 Å². The second kappa shape index (κ2) is 7.96. The molecule has 1 saturated heterocycles. The molecule has 1 aliphatic heterocycles. The molecule has 5 nitrogen and oxygen atoms in total. The fraction of sp³-hybridized carbons (Fsp3) is 0.368. The van der Waals surface area contributed by atoms with Gasteiger partial charge in [0.15, 0.2) is 17.6 Å². The van der Waals surface area contributed by atoms with Crippen molar-refractivity contribution in [2.75, 3.05) is 25.0 Å². The Morgan fingerprint density at radius 3 is 2.84 bits per heavy atom. The van der Waals surface area contributed by atoms with Crippen molar-refractivity contribution in [2.24, 2.45) is 4.99 Å². The lowest BCUT2D eigenvalue weighted by atomic mass is 10.1. The van der Waals surface area contributed by atoms with Crippen LogP contribution in [0, 0.1) is 12.7 Å². The number of anilines is 1. The smallest absolute Gasteiger partial charge is 0.191 e. The van der Waals surface area contributed by atoms with Gasteiger partial charge < -0.3 is 15.5 Å². The Labute approximate surface area is 148 Å². The molecule has 2 N–H and O–H groups in total. The summed E-state index contributed by atoms with van der Waals surface area (Å²) >= 11 is 0. The number of aliphatic imine (C=N–C) groups is 1. The molecule has 2 aromatic rings. The molecule has 1 atom stereocenters. The van der Waals surface area contributed by atoms with Crippen molar-refractivity contribution in [3.05, 3.63) is 59.5 Å². The van der Waals surface area contributed by atoms with Crippen LogP contribution in [0.2, 0.25) is 0 Å². The minimum Gasteiger partial charge on any atom is -0.352 e. The van der Waals surface area contributed by atoms with Crippen molar-refractivity contribution in [1.29, 1.82) is 0 Å². The number of rotatable bonds is 4. The van der Waals surface area contributed by atoms with Crippen molar-refractivity contribution >= 4 is 11.8 Å². The SMILES string of the molecule is CN=C(NCc1ccc(C)cc1)NC1CCN(c2ncccc2F)C1. The second-order valence-electron chi connectivity index (χ2n) is 6.30. The standard InChI is InChI=1S/C19H24FN5/c1-14-5-7-15(8-6-14)12-23-19(21-2)24-16-9-11-25(13-16)18-17(20)4-3-10-22-18/h3-8,10,16H,9,11-13H2,1-2H3,(H2,21,23,24). The molecule has 1 aromatic carbocycles. The van der Waals surface area contributed by atoms with Crippen LogP contribution in [0.4, 0.5) is 10.2 Å². The van der Waals surface area contributed by atoms with Gasteiger partial charge in [0.05, 0.1) is 0 Å². The van der Waals surface area contributed by atoms with Crippen LogP contribution in [0.15, 0.2) is 47.6 Å². The van der Waals surface area contributed by atoms with Gasteiger partial charge in [-0.05, 0) is 31.0 Å². The summed E-state index contributed by atoms with van der Waals surface area (Å²) in [6.45, 7) is 4.28. The first-order chi connectivity index (χ1) is 12.2. The Bertz CT molecular complexity index is 729. The van der Waals surface area contributed by atoms with Crippen LogP contribution in [0.25, 0.3) is 0 Å². The summed E-state index contributed by atoms with van der Waals surface area (Å²) in [5.41, 5.74) is 2.45. The van der Waals surface area contributed by atoms with Crippen molar-refractivity contribution in [2.45, 2.75) is 25.9 Å². The van der Waals surface area contributed by atoms with Gasteiger partial charge in [-0.3, -0.25) is 4.99 Å². The summed E-state index contributed by atoms with van der Waals surface area (Å²) in [5.74, 6) is 0.911. The van der Waals surface area contributed by atoms with Crippen LogP contribution < -0.4 is 15.5 Å². The lowest BCUT2D eigenvalue weighted by molar-refractivity contribution is 0.612. The summed E-state index contributed by atoms with van der Waals surface area (Å²) in [7, 11) is 1.76. The van der Waals surface area contributed by atoms with E-state index < -0.39 is 0 Å². The van der Waals surface area contributed by atoms with E-state index in [-0.39, 0.29) is 11.9 Å². The van der Waals surface area contributed by atoms with Crippen molar-refractivity contribution in [3.8, 4) is 0 Å². The molecule has 0 aliphatic carbocycles. The highest BCUT2D eigenvalue weighted by Crippen LogP contribution is 2.20. The average Bonchev–Trinajstić information content (AvgIpc) is 3.08. The van der Waals surface area contributed by atoms with E-state index in [0.717, 1.165) is 18.9 Å². The van der Waals surface area contributed by atoms with Crippen LogP contribution in [-0.4, -0.2) is 37.1 Å². The fourth-order valence-electron chi connectivity index (χ4n) is 2.96.